The van der Waals surface area contributed by atoms with E-state index in [-0.39, 0.29) is 11.2 Å². The van der Waals surface area contributed by atoms with Crippen molar-refractivity contribution in [2.45, 2.75) is 51.2 Å². The molecule has 12 heavy (non-hydrogen) atoms. The van der Waals surface area contributed by atoms with Crippen molar-refractivity contribution in [3.8, 4) is 0 Å². The van der Waals surface area contributed by atoms with Crippen molar-refractivity contribution in [2.24, 2.45) is 5.73 Å². The van der Waals surface area contributed by atoms with E-state index in [0.717, 1.165) is 12.8 Å². The first kappa shape index (κ1) is 9.96. The van der Waals surface area contributed by atoms with E-state index >= 15 is 0 Å². The number of hydrogen-bond donors (Lipinski definition) is 1. The lowest BCUT2D eigenvalue weighted by Crippen LogP contribution is -2.63. The normalized spacial score (nSPS) is 36.8. The standard InChI is InChI=1S/C9H20N2O/c1-8(2)6-5-7-9(3,10)11(8)12-4/h5-7,10H2,1-4H3. The fourth-order valence-electron chi connectivity index (χ4n) is 2.23. The van der Waals surface area contributed by atoms with Crippen molar-refractivity contribution in [3.05, 3.63) is 0 Å². The van der Waals surface area contributed by atoms with Gasteiger partial charge >= 0.3 is 0 Å². The van der Waals surface area contributed by atoms with Crippen LogP contribution >= 0.6 is 0 Å². The van der Waals surface area contributed by atoms with Crippen LogP contribution in [-0.2, 0) is 4.84 Å². The zero-order valence-electron chi connectivity index (χ0n) is 8.55. The maximum Gasteiger partial charge on any atom is 0.0905 e. The van der Waals surface area contributed by atoms with E-state index in [0.29, 0.717) is 0 Å². The Morgan fingerprint density at radius 1 is 1.25 bits per heavy atom. The zero-order valence-corrected chi connectivity index (χ0v) is 8.55. The quantitative estimate of drug-likeness (QED) is 0.651. The van der Waals surface area contributed by atoms with E-state index in [4.69, 9.17) is 10.6 Å². The van der Waals surface area contributed by atoms with E-state index in [1.165, 1.54) is 6.42 Å². The van der Waals surface area contributed by atoms with Crippen molar-refractivity contribution in [1.29, 1.82) is 0 Å². The van der Waals surface area contributed by atoms with E-state index in [9.17, 15) is 0 Å². The molecule has 0 bridgehead atoms. The summed E-state index contributed by atoms with van der Waals surface area (Å²) in [5, 5.41) is 1.92. The fourth-order valence-corrected chi connectivity index (χ4v) is 2.23. The van der Waals surface area contributed by atoms with E-state index in [2.05, 4.69) is 13.8 Å². The third-order valence-electron chi connectivity index (χ3n) is 2.67. The van der Waals surface area contributed by atoms with Crippen LogP contribution in [0.2, 0.25) is 0 Å². The molecule has 0 aromatic rings. The lowest BCUT2D eigenvalue weighted by Gasteiger charge is -2.50. The molecule has 3 nitrogen and oxygen atoms in total. The Morgan fingerprint density at radius 2 is 1.83 bits per heavy atom. The van der Waals surface area contributed by atoms with E-state index < -0.39 is 0 Å². The number of nitrogens with zero attached hydrogens (tertiary/aromatic N) is 1. The minimum absolute atomic E-state index is 0.0660. The number of rotatable bonds is 1. The van der Waals surface area contributed by atoms with E-state index in [1.54, 1.807) is 7.11 Å². The second-order valence-corrected chi connectivity index (χ2v) is 4.50. The lowest BCUT2D eigenvalue weighted by molar-refractivity contribution is -0.267. The van der Waals surface area contributed by atoms with Gasteiger partial charge in [-0.1, -0.05) is 0 Å². The Morgan fingerprint density at radius 3 is 2.17 bits per heavy atom. The number of nitrogens with two attached hydrogens (primary N) is 1. The first-order valence-electron chi connectivity index (χ1n) is 4.53. The molecule has 2 N–H and O–H groups in total. The smallest absolute Gasteiger partial charge is 0.0905 e. The maximum atomic E-state index is 6.11. The average Bonchev–Trinajstić information content (AvgIpc) is 1.83. The van der Waals surface area contributed by atoms with Crippen LogP contribution in [0.3, 0.4) is 0 Å². The number of hydroxylamine groups is 2. The molecule has 0 spiro atoms. The summed E-state index contributed by atoms with van der Waals surface area (Å²) < 4.78 is 0. The van der Waals surface area contributed by atoms with E-state index in [1.807, 2.05) is 12.0 Å². The molecular formula is C9H20N2O. The lowest BCUT2D eigenvalue weighted by atomic mass is 9.86. The molecule has 1 aliphatic heterocycles. The first-order valence-corrected chi connectivity index (χ1v) is 4.53. The highest BCUT2D eigenvalue weighted by Crippen LogP contribution is 2.34. The van der Waals surface area contributed by atoms with Gasteiger partial charge < -0.3 is 5.73 Å². The van der Waals surface area contributed by atoms with Gasteiger partial charge in [0, 0.05) is 5.54 Å². The van der Waals surface area contributed by atoms with Gasteiger partial charge in [-0.15, -0.1) is 0 Å². The molecule has 0 aliphatic carbocycles. The molecule has 0 aromatic heterocycles. The Labute approximate surface area is 74.8 Å². The molecule has 0 saturated carbocycles. The van der Waals surface area contributed by atoms with Gasteiger partial charge in [-0.05, 0) is 40.0 Å². The van der Waals surface area contributed by atoms with Crippen LogP contribution in [0.15, 0.2) is 0 Å². The molecule has 0 amide bonds. The molecule has 3 heteroatoms. The molecule has 1 rings (SSSR count). The van der Waals surface area contributed by atoms with Gasteiger partial charge in [0.1, 0.15) is 0 Å². The molecule has 1 atom stereocenters. The Balaban J connectivity index is 2.81. The molecule has 0 aromatic carbocycles. The highest BCUT2D eigenvalue weighted by Gasteiger charge is 2.42. The maximum absolute atomic E-state index is 6.11. The van der Waals surface area contributed by atoms with Crippen LogP contribution in [0.25, 0.3) is 0 Å². The minimum Gasteiger partial charge on any atom is -0.312 e. The Kier molecular flexibility index (Phi) is 2.47. The fraction of sp³-hybridized carbons (Fsp3) is 1.00. The summed E-state index contributed by atoms with van der Waals surface area (Å²) in [5.41, 5.74) is 5.87. The van der Waals surface area contributed by atoms with Crippen LogP contribution in [0.5, 0.6) is 0 Å². The summed E-state index contributed by atoms with van der Waals surface area (Å²) in [6.45, 7) is 6.36. The second kappa shape index (κ2) is 2.98. The van der Waals surface area contributed by atoms with Gasteiger partial charge in [-0.3, -0.25) is 4.84 Å². The molecule has 72 valence electrons. The van der Waals surface area contributed by atoms with Gasteiger partial charge in [0.05, 0.1) is 12.8 Å². The summed E-state index contributed by atoms with van der Waals surface area (Å²) in [4.78, 5) is 5.33. The zero-order chi connectivity index (χ0) is 9.41. The van der Waals surface area contributed by atoms with Crippen molar-refractivity contribution in [3.63, 3.8) is 0 Å². The molecule has 1 saturated heterocycles. The monoisotopic (exact) mass is 172 g/mol. The third-order valence-corrected chi connectivity index (χ3v) is 2.67. The van der Waals surface area contributed by atoms with Crippen LogP contribution < -0.4 is 5.73 Å². The topological polar surface area (TPSA) is 38.5 Å². The highest BCUT2D eigenvalue weighted by molar-refractivity contribution is 4.91. The van der Waals surface area contributed by atoms with Crippen molar-refractivity contribution in [2.75, 3.05) is 7.11 Å². The van der Waals surface area contributed by atoms with Crippen molar-refractivity contribution < 1.29 is 4.84 Å². The summed E-state index contributed by atoms with van der Waals surface area (Å²) in [6, 6.07) is 0. The van der Waals surface area contributed by atoms with Gasteiger partial charge in [-0.2, -0.15) is 5.06 Å². The van der Waals surface area contributed by atoms with Gasteiger partial charge in [-0.25, -0.2) is 0 Å². The molecule has 1 unspecified atom stereocenters. The van der Waals surface area contributed by atoms with Crippen LogP contribution in [-0.4, -0.2) is 23.4 Å². The number of hydrogen-bond acceptors (Lipinski definition) is 3. The van der Waals surface area contributed by atoms with Gasteiger partial charge in [0.15, 0.2) is 0 Å². The molecule has 0 radical (unpaired) electrons. The summed E-state index contributed by atoms with van der Waals surface area (Å²) in [7, 11) is 1.69. The third kappa shape index (κ3) is 1.63. The molecule has 1 fully saturated rings. The Bertz CT molecular complexity index is 150. The van der Waals surface area contributed by atoms with Crippen LogP contribution in [0, 0.1) is 0 Å². The summed E-state index contributed by atoms with van der Waals surface area (Å²) in [6.07, 6.45) is 3.33. The number of piperidine rings is 1. The summed E-state index contributed by atoms with van der Waals surface area (Å²) >= 11 is 0. The van der Waals surface area contributed by atoms with Gasteiger partial charge in [0.2, 0.25) is 0 Å². The predicted molar refractivity (Wildman–Crippen MR) is 49.4 cm³/mol. The first-order chi connectivity index (χ1) is 5.40. The molecule has 1 aliphatic rings. The summed E-state index contributed by atoms with van der Waals surface area (Å²) in [5.74, 6) is 0. The Hall–Kier alpha value is -0.120. The predicted octanol–water partition coefficient (Wildman–Crippen LogP) is 1.49. The second-order valence-electron chi connectivity index (χ2n) is 4.50. The molecule has 1 heterocycles. The SMILES string of the molecule is CON1C(C)(C)CCCC1(C)N. The van der Waals surface area contributed by atoms with Crippen molar-refractivity contribution >= 4 is 0 Å². The van der Waals surface area contributed by atoms with Gasteiger partial charge in [0.25, 0.3) is 0 Å². The minimum atomic E-state index is -0.309. The van der Waals surface area contributed by atoms with Crippen molar-refractivity contribution in [1.82, 2.24) is 5.06 Å². The average molecular weight is 172 g/mol. The van der Waals surface area contributed by atoms with Crippen LogP contribution in [0.4, 0.5) is 0 Å². The van der Waals surface area contributed by atoms with Crippen LogP contribution in [0.1, 0.15) is 40.0 Å². The molecular weight excluding hydrogens is 152 g/mol. The largest absolute Gasteiger partial charge is 0.312 e. The highest BCUT2D eigenvalue weighted by atomic mass is 16.7.